The van der Waals surface area contributed by atoms with Crippen molar-refractivity contribution < 1.29 is 14.3 Å². The van der Waals surface area contributed by atoms with Crippen LogP contribution >= 0.6 is 0 Å². The number of benzene rings is 1. The van der Waals surface area contributed by atoms with Crippen LogP contribution in [0.3, 0.4) is 0 Å². The Morgan fingerprint density at radius 3 is 2.84 bits per heavy atom. The molecule has 19 heavy (non-hydrogen) atoms. The predicted octanol–water partition coefficient (Wildman–Crippen LogP) is 2.62. The first kappa shape index (κ1) is 13.6. The van der Waals surface area contributed by atoms with Crippen molar-refractivity contribution in [3.8, 4) is 0 Å². The molecule has 1 amide bonds. The maximum atomic E-state index is 12.0. The summed E-state index contributed by atoms with van der Waals surface area (Å²) in [7, 11) is 0. The van der Waals surface area contributed by atoms with E-state index in [1.165, 1.54) is 4.90 Å². The van der Waals surface area contributed by atoms with Gasteiger partial charge in [0.05, 0.1) is 6.04 Å². The second-order valence-corrected chi connectivity index (χ2v) is 5.07. The van der Waals surface area contributed by atoms with Gasteiger partial charge in [-0.25, -0.2) is 4.79 Å². The number of carbonyl (C=O) groups is 2. The highest BCUT2D eigenvalue weighted by Gasteiger charge is 2.30. The Morgan fingerprint density at radius 2 is 2.16 bits per heavy atom. The molecule has 0 saturated carbocycles. The maximum Gasteiger partial charge on any atom is 0.410 e. The first-order valence-corrected chi connectivity index (χ1v) is 6.63. The van der Waals surface area contributed by atoms with Crippen molar-refractivity contribution >= 4 is 12.4 Å². The van der Waals surface area contributed by atoms with Gasteiger partial charge in [0.2, 0.25) is 0 Å². The van der Waals surface area contributed by atoms with E-state index in [4.69, 9.17) is 4.74 Å². The first-order valence-electron chi connectivity index (χ1n) is 6.63. The van der Waals surface area contributed by atoms with E-state index in [9.17, 15) is 9.59 Å². The van der Waals surface area contributed by atoms with Gasteiger partial charge in [-0.1, -0.05) is 37.3 Å². The van der Waals surface area contributed by atoms with Crippen molar-refractivity contribution in [2.24, 2.45) is 5.92 Å². The summed E-state index contributed by atoms with van der Waals surface area (Å²) in [5, 5.41) is 0. The molecule has 1 aliphatic heterocycles. The van der Waals surface area contributed by atoms with Crippen LogP contribution in [0.4, 0.5) is 4.79 Å². The summed E-state index contributed by atoms with van der Waals surface area (Å²) in [5.74, 6) is 0.480. The minimum Gasteiger partial charge on any atom is -0.445 e. The third-order valence-electron chi connectivity index (χ3n) is 3.50. The van der Waals surface area contributed by atoms with E-state index in [1.807, 2.05) is 30.3 Å². The van der Waals surface area contributed by atoms with Crippen molar-refractivity contribution in [1.29, 1.82) is 0 Å². The molecule has 102 valence electrons. The molecule has 4 nitrogen and oxygen atoms in total. The minimum absolute atomic E-state index is 0.247. The molecule has 2 rings (SSSR count). The fraction of sp³-hybridized carbons (Fsp3) is 0.467. The zero-order chi connectivity index (χ0) is 13.7. The topological polar surface area (TPSA) is 46.6 Å². The number of hydrogen-bond donors (Lipinski definition) is 0. The number of aldehydes is 1. The number of amides is 1. The molecule has 0 unspecified atom stereocenters. The number of rotatable bonds is 3. The Bertz CT molecular complexity index is 432. The van der Waals surface area contributed by atoms with Crippen LogP contribution in [-0.2, 0) is 16.1 Å². The number of piperidine rings is 1. The van der Waals surface area contributed by atoms with Gasteiger partial charge in [-0.15, -0.1) is 0 Å². The molecule has 0 N–H and O–H groups in total. The van der Waals surface area contributed by atoms with Crippen LogP contribution < -0.4 is 0 Å². The summed E-state index contributed by atoms with van der Waals surface area (Å²) in [6.07, 6.45) is 2.10. The fourth-order valence-electron chi connectivity index (χ4n) is 2.34. The smallest absolute Gasteiger partial charge is 0.410 e. The Hall–Kier alpha value is -1.84. The number of likely N-dealkylation sites (tertiary alicyclic amines) is 1. The van der Waals surface area contributed by atoms with Gasteiger partial charge in [-0.05, 0) is 24.3 Å². The summed E-state index contributed by atoms with van der Waals surface area (Å²) < 4.78 is 5.26. The Kier molecular flexibility index (Phi) is 4.55. The zero-order valence-corrected chi connectivity index (χ0v) is 11.1. The average Bonchev–Trinajstić information content (AvgIpc) is 2.45. The van der Waals surface area contributed by atoms with Gasteiger partial charge in [0.15, 0.2) is 0 Å². The third kappa shape index (κ3) is 3.56. The Labute approximate surface area is 113 Å². The number of carbonyl (C=O) groups excluding carboxylic acids is 2. The van der Waals surface area contributed by atoms with Crippen LogP contribution in [-0.4, -0.2) is 29.9 Å². The molecule has 1 aromatic rings. The van der Waals surface area contributed by atoms with Gasteiger partial charge in [-0.2, -0.15) is 0 Å². The predicted molar refractivity (Wildman–Crippen MR) is 71.6 cm³/mol. The molecule has 0 aromatic heterocycles. The van der Waals surface area contributed by atoms with E-state index in [-0.39, 0.29) is 12.6 Å². The lowest BCUT2D eigenvalue weighted by Crippen LogP contribution is -2.46. The highest BCUT2D eigenvalue weighted by Crippen LogP contribution is 2.22. The van der Waals surface area contributed by atoms with Gasteiger partial charge >= 0.3 is 6.09 Å². The molecule has 0 bridgehead atoms. The Balaban J connectivity index is 1.90. The molecular formula is C15H19NO3. The van der Waals surface area contributed by atoms with E-state index < -0.39 is 6.09 Å². The summed E-state index contributed by atoms with van der Waals surface area (Å²) in [6, 6.07) is 9.19. The molecule has 1 aliphatic rings. The highest BCUT2D eigenvalue weighted by molar-refractivity contribution is 5.73. The standard InChI is InChI=1S/C15H19NO3/c1-12-7-8-16(14(9-12)10-17)15(18)19-11-13-5-3-2-4-6-13/h2-6,10,12,14H,7-9,11H2,1H3/t12-,14-/m0/s1. The molecule has 0 spiro atoms. The van der Waals surface area contributed by atoms with E-state index in [0.717, 1.165) is 24.7 Å². The normalized spacial score (nSPS) is 22.9. The van der Waals surface area contributed by atoms with Crippen LogP contribution in [0, 0.1) is 5.92 Å². The second kappa shape index (κ2) is 6.36. The van der Waals surface area contributed by atoms with Crippen molar-refractivity contribution in [2.75, 3.05) is 6.54 Å². The molecule has 1 heterocycles. The lowest BCUT2D eigenvalue weighted by atomic mass is 9.93. The molecule has 1 aromatic carbocycles. The second-order valence-electron chi connectivity index (χ2n) is 5.07. The van der Waals surface area contributed by atoms with Gasteiger partial charge in [0, 0.05) is 6.54 Å². The van der Waals surface area contributed by atoms with Crippen molar-refractivity contribution in [1.82, 2.24) is 4.90 Å². The van der Waals surface area contributed by atoms with Gasteiger partial charge in [-0.3, -0.25) is 4.90 Å². The fourth-order valence-corrected chi connectivity index (χ4v) is 2.34. The van der Waals surface area contributed by atoms with Gasteiger partial charge in [0.1, 0.15) is 12.9 Å². The van der Waals surface area contributed by atoms with Crippen LogP contribution in [0.15, 0.2) is 30.3 Å². The van der Waals surface area contributed by atoms with Crippen molar-refractivity contribution in [2.45, 2.75) is 32.4 Å². The van der Waals surface area contributed by atoms with Crippen LogP contribution in [0.5, 0.6) is 0 Å². The summed E-state index contributed by atoms with van der Waals surface area (Å²) in [4.78, 5) is 24.6. The molecule has 1 saturated heterocycles. The van der Waals surface area contributed by atoms with Gasteiger partial charge in [0.25, 0.3) is 0 Å². The lowest BCUT2D eigenvalue weighted by molar-refractivity contribution is -0.113. The maximum absolute atomic E-state index is 12.0. The molecule has 2 atom stereocenters. The zero-order valence-electron chi connectivity index (χ0n) is 11.1. The van der Waals surface area contributed by atoms with Crippen LogP contribution in [0.1, 0.15) is 25.3 Å². The largest absolute Gasteiger partial charge is 0.445 e. The van der Waals surface area contributed by atoms with E-state index in [1.54, 1.807) is 0 Å². The molecule has 0 radical (unpaired) electrons. The van der Waals surface area contributed by atoms with Gasteiger partial charge < -0.3 is 9.53 Å². The summed E-state index contributed by atoms with van der Waals surface area (Å²) in [6.45, 7) is 2.94. The Morgan fingerprint density at radius 1 is 1.42 bits per heavy atom. The molecule has 4 heteroatoms. The van der Waals surface area contributed by atoms with E-state index in [2.05, 4.69) is 6.92 Å². The number of hydrogen-bond acceptors (Lipinski definition) is 3. The van der Waals surface area contributed by atoms with Crippen molar-refractivity contribution in [3.05, 3.63) is 35.9 Å². The summed E-state index contributed by atoms with van der Waals surface area (Å²) in [5.41, 5.74) is 0.948. The minimum atomic E-state index is -0.396. The molecule has 1 fully saturated rings. The first-order chi connectivity index (χ1) is 9.20. The molecule has 0 aliphatic carbocycles. The summed E-state index contributed by atoms with van der Waals surface area (Å²) >= 11 is 0. The van der Waals surface area contributed by atoms with Crippen molar-refractivity contribution in [3.63, 3.8) is 0 Å². The quantitative estimate of drug-likeness (QED) is 0.786. The molecular weight excluding hydrogens is 242 g/mol. The lowest BCUT2D eigenvalue weighted by Gasteiger charge is -2.34. The van der Waals surface area contributed by atoms with E-state index >= 15 is 0 Å². The monoisotopic (exact) mass is 261 g/mol. The number of nitrogens with zero attached hydrogens (tertiary/aromatic N) is 1. The van der Waals surface area contributed by atoms with E-state index in [0.29, 0.717) is 12.5 Å². The average molecular weight is 261 g/mol. The third-order valence-corrected chi connectivity index (χ3v) is 3.50. The van der Waals surface area contributed by atoms with Crippen LogP contribution in [0.25, 0.3) is 0 Å². The highest BCUT2D eigenvalue weighted by atomic mass is 16.6. The van der Waals surface area contributed by atoms with Crippen LogP contribution in [0.2, 0.25) is 0 Å². The SMILES string of the molecule is C[C@H]1CCN(C(=O)OCc2ccccc2)[C@H](C=O)C1. The number of ether oxygens (including phenoxy) is 1.